The molecule has 1 rings (SSSR count). The molecule has 0 spiro atoms. The molecule has 3 nitrogen and oxygen atoms in total. The van der Waals surface area contributed by atoms with Crippen LogP contribution in [-0.4, -0.2) is 23.4 Å². The third-order valence-electron chi connectivity index (χ3n) is 2.07. The molecule has 0 amide bonds. The predicted molar refractivity (Wildman–Crippen MR) is 50.4 cm³/mol. The van der Waals surface area contributed by atoms with Crippen molar-refractivity contribution in [2.75, 3.05) is 13.2 Å². The van der Waals surface area contributed by atoms with Crippen LogP contribution in [0.5, 0.6) is 0 Å². The summed E-state index contributed by atoms with van der Waals surface area (Å²) in [6.45, 7) is 5.20. The molecule has 0 aromatic carbocycles. The summed E-state index contributed by atoms with van der Waals surface area (Å²) >= 11 is 0. The molecule has 0 aliphatic heterocycles. The Bertz CT molecular complexity index is 238. The Balaban J connectivity index is 2.36. The molecule has 0 radical (unpaired) electrons. The van der Waals surface area contributed by atoms with E-state index in [1.807, 2.05) is 13.8 Å². The number of hydrogen-bond acceptors (Lipinski definition) is 2. The summed E-state index contributed by atoms with van der Waals surface area (Å²) in [5.74, 6) is 0. The van der Waals surface area contributed by atoms with Gasteiger partial charge in [0.2, 0.25) is 0 Å². The largest absolute Gasteiger partial charge is 0.312 e. The standard InChI is InChI=1S/C9H16FN3/c1-7-9(8(2)13-12-7)6-11-5-3-4-10/h11H,3-6H2,1-2H3,(H,12,13). The van der Waals surface area contributed by atoms with Gasteiger partial charge in [-0.05, 0) is 26.8 Å². The fraction of sp³-hybridized carbons (Fsp3) is 0.667. The van der Waals surface area contributed by atoms with E-state index in [2.05, 4.69) is 15.5 Å². The number of nitrogens with one attached hydrogen (secondary N) is 2. The molecule has 0 aliphatic rings. The summed E-state index contributed by atoms with van der Waals surface area (Å²) in [4.78, 5) is 0. The Labute approximate surface area is 77.7 Å². The van der Waals surface area contributed by atoms with Gasteiger partial charge in [0.15, 0.2) is 0 Å². The molecule has 0 unspecified atom stereocenters. The van der Waals surface area contributed by atoms with Gasteiger partial charge in [0.1, 0.15) is 0 Å². The van der Waals surface area contributed by atoms with Gasteiger partial charge in [-0.25, -0.2) is 0 Å². The highest BCUT2D eigenvalue weighted by atomic mass is 19.1. The Morgan fingerprint density at radius 2 is 2.23 bits per heavy atom. The maximum Gasteiger partial charge on any atom is 0.0906 e. The van der Waals surface area contributed by atoms with Crippen LogP contribution in [-0.2, 0) is 6.54 Å². The normalized spacial score (nSPS) is 10.7. The number of aromatic nitrogens is 2. The van der Waals surface area contributed by atoms with E-state index in [0.29, 0.717) is 6.42 Å². The lowest BCUT2D eigenvalue weighted by Crippen LogP contribution is -2.15. The molecule has 1 aromatic rings. The highest BCUT2D eigenvalue weighted by molar-refractivity contribution is 5.22. The van der Waals surface area contributed by atoms with Gasteiger partial charge in [-0.15, -0.1) is 0 Å². The lowest BCUT2D eigenvalue weighted by atomic mass is 10.2. The quantitative estimate of drug-likeness (QED) is 0.682. The van der Waals surface area contributed by atoms with Crippen molar-refractivity contribution in [3.8, 4) is 0 Å². The van der Waals surface area contributed by atoms with Crippen LogP contribution >= 0.6 is 0 Å². The smallest absolute Gasteiger partial charge is 0.0906 e. The monoisotopic (exact) mass is 185 g/mol. The van der Waals surface area contributed by atoms with E-state index in [1.54, 1.807) is 0 Å². The van der Waals surface area contributed by atoms with Crippen LogP contribution in [0, 0.1) is 13.8 Å². The van der Waals surface area contributed by atoms with Crippen molar-refractivity contribution in [1.82, 2.24) is 15.5 Å². The lowest BCUT2D eigenvalue weighted by molar-refractivity contribution is 0.459. The average molecular weight is 185 g/mol. The Kier molecular flexibility index (Phi) is 3.89. The lowest BCUT2D eigenvalue weighted by Gasteiger charge is -2.02. The molecule has 0 aliphatic carbocycles. The predicted octanol–water partition coefficient (Wildman–Crippen LogP) is 1.48. The number of rotatable bonds is 5. The molecule has 74 valence electrons. The third kappa shape index (κ3) is 2.81. The molecule has 0 saturated carbocycles. The van der Waals surface area contributed by atoms with E-state index in [9.17, 15) is 4.39 Å². The van der Waals surface area contributed by atoms with Crippen LogP contribution < -0.4 is 5.32 Å². The van der Waals surface area contributed by atoms with Crippen LogP contribution in [0.3, 0.4) is 0 Å². The second kappa shape index (κ2) is 4.97. The highest BCUT2D eigenvalue weighted by Gasteiger charge is 2.04. The van der Waals surface area contributed by atoms with Gasteiger partial charge in [0.05, 0.1) is 12.4 Å². The zero-order valence-electron chi connectivity index (χ0n) is 8.15. The molecule has 0 fully saturated rings. The minimum Gasteiger partial charge on any atom is -0.312 e. The topological polar surface area (TPSA) is 40.7 Å². The zero-order chi connectivity index (χ0) is 9.68. The number of aryl methyl sites for hydroxylation is 2. The van der Waals surface area contributed by atoms with Gasteiger partial charge >= 0.3 is 0 Å². The molecule has 0 saturated heterocycles. The van der Waals surface area contributed by atoms with Gasteiger partial charge in [0, 0.05) is 17.8 Å². The molecule has 1 heterocycles. The van der Waals surface area contributed by atoms with Gasteiger partial charge < -0.3 is 5.32 Å². The number of nitrogens with zero attached hydrogens (tertiary/aromatic N) is 1. The molecule has 13 heavy (non-hydrogen) atoms. The fourth-order valence-electron chi connectivity index (χ4n) is 1.24. The number of H-pyrrole nitrogens is 1. The van der Waals surface area contributed by atoms with E-state index in [0.717, 1.165) is 24.5 Å². The maximum absolute atomic E-state index is 11.8. The molecule has 4 heteroatoms. The zero-order valence-corrected chi connectivity index (χ0v) is 8.15. The van der Waals surface area contributed by atoms with E-state index in [4.69, 9.17) is 0 Å². The first kappa shape index (κ1) is 10.2. The molecular weight excluding hydrogens is 169 g/mol. The first-order valence-corrected chi connectivity index (χ1v) is 4.53. The van der Waals surface area contributed by atoms with Crippen LogP contribution in [0.2, 0.25) is 0 Å². The minimum absolute atomic E-state index is 0.254. The number of alkyl halides is 1. The van der Waals surface area contributed by atoms with E-state index in [-0.39, 0.29) is 6.67 Å². The Morgan fingerprint density at radius 1 is 1.46 bits per heavy atom. The Hall–Kier alpha value is -0.900. The number of halogens is 1. The van der Waals surface area contributed by atoms with E-state index >= 15 is 0 Å². The summed E-state index contributed by atoms with van der Waals surface area (Å²) in [6, 6.07) is 0. The van der Waals surface area contributed by atoms with Crippen molar-refractivity contribution < 1.29 is 4.39 Å². The minimum atomic E-state index is -0.254. The van der Waals surface area contributed by atoms with Gasteiger partial charge in [-0.2, -0.15) is 5.10 Å². The summed E-state index contributed by atoms with van der Waals surface area (Å²) in [6.07, 6.45) is 0.579. The summed E-state index contributed by atoms with van der Waals surface area (Å²) in [5, 5.41) is 10.2. The number of aromatic amines is 1. The van der Waals surface area contributed by atoms with Crippen molar-refractivity contribution in [3.05, 3.63) is 17.0 Å². The Morgan fingerprint density at radius 3 is 2.77 bits per heavy atom. The van der Waals surface area contributed by atoms with Crippen molar-refractivity contribution in [1.29, 1.82) is 0 Å². The van der Waals surface area contributed by atoms with Crippen molar-refractivity contribution >= 4 is 0 Å². The molecule has 2 N–H and O–H groups in total. The molecule has 1 aromatic heterocycles. The van der Waals surface area contributed by atoms with Crippen molar-refractivity contribution in [3.63, 3.8) is 0 Å². The van der Waals surface area contributed by atoms with Gasteiger partial charge in [-0.3, -0.25) is 9.49 Å². The summed E-state index contributed by atoms with van der Waals surface area (Å²) in [5.41, 5.74) is 3.30. The van der Waals surface area contributed by atoms with Crippen LogP contribution in [0.15, 0.2) is 0 Å². The maximum atomic E-state index is 11.8. The first-order chi connectivity index (χ1) is 6.25. The summed E-state index contributed by atoms with van der Waals surface area (Å²) in [7, 11) is 0. The average Bonchev–Trinajstić information content (AvgIpc) is 2.42. The van der Waals surface area contributed by atoms with Crippen molar-refractivity contribution in [2.24, 2.45) is 0 Å². The van der Waals surface area contributed by atoms with Crippen molar-refractivity contribution in [2.45, 2.75) is 26.8 Å². The van der Waals surface area contributed by atoms with Crippen LogP contribution in [0.25, 0.3) is 0 Å². The number of hydrogen-bond donors (Lipinski definition) is 2. The summed E-state index contributed by atoms with van der Waals surface area (Å²) < 4.78 is 11.8. The van der Waals surface area contributed by atoms with Gasteiger partial charge in [0.25, 0.3) is 0 Å². The highest BCUT2D eigenvalue weighted by Crippen LogP contribution is 2.07. The van der Waals surface area contributed by atoms with Crippen LogP contribution in [0.1, 0.15) is 23.4 Å². The third-order valence-corrected chi connectivity index (χ3v) is 2.07. The second-order valence-corrected chi connectivity index (χ2v) is 3.13. The van der Waals surface area contributed by atoms with Gasteiger partial charge in [-0.1, -0.05) is 0 Å². The molecular formula is C9H16FN3. The fourth-order valence-corrected chi connectivity index (χ4v) is 1.24. The van der Waals surface area contributed by atoms with E-state index in [1.165, 1.54) is 5.56 Å². The second-order valence-electron chi connectivity index (χ2n) is 3.13. The molecule has 0 atom stereocenters. The first-order valence-electron chi connectivity index (χ1n) is 4.53. The van der Waals surface area contributed by atoms with E-state index < -0.39 is 0 Å². The SMILES string of the molecule is Cc1n[nH]c(C)c1CNCCCF. The van der Waals surface area contributed by atoms with Crippen LogP contribution in [0.4, 0.5) is 4.39 Å². The molecule has 0 bridgehead atoms.